The van der Waals surface area contributed by atoms with Gasteiger partial charge in [0, 0.05) is 24.7 Å². The molecule has 2 aromatic rings. The van der Waals surface area contributed by atoms with Gasteiger partial charge in [-0.25, -0.2) is 4.68 Å². The second kappa shape index (κ2) is 7.43. The maximum Gasteiger partial charge on any atom is 0.267 e. The van der Waals surface area contributed by atoms with Gasteiger partial charge in [-0.2, -0.15) is 5.10 Å². The Morgan fingerprint density at radius 3 is 2.33 bits per heavy atom. The molecule has 1 amide bonds. The van der Waals surface area contributed by atoms with Crippen molar-refractivity contribution in [1.29, 1.82) is 0 Å². The van der Waals surface area contributed by atoms with Gasteiger partial charge in [-0.05, 0) is 25.8 Å². The first kappa shape index (κ1) is 17.9. The highest BCUT2D eigenvalue weighted by Gasteiger charge is 2.19. The van der Waals surface area contributed by atoms with Gasteiger partial charge in [-0.3, -0.25) is 9.59 Å². The summed E-state index contributed by atoms with van der Waals surface area (Å²) in [5.41, 5.74) is 2.49. The lowest BCUT2D eigenvalue weighted by atomic mass is 10.1. The summed E-state index contributed by atoms with van der Waals surface area (Å²) in [4.78, 5) is 26.2. The molecule has 24 heavy (non-hydrogen) atoms. The number of hydrogen-bond acceptors (Lipinski definition) is 3. The van der Waals surface area contributed by atoms with Crippen molar-refractivity contribution in [3.63, 3.8) is 0 Å². The number of carbonyl (C=O) groups is 1. The van der Waals surface area contributed by atoms with E-state index in [1.807, 2.05) is 38.1 Å². The fraction of sp³-hybridized carbons (Fsp3) is 0.421. The Bertz CT molecular complexity index is 763. The van der Waals surface area contributed by atoms with Gasteiger partial charge in [0.25, 0.3) is 5.56 Å². The molecule has 0 fully saturated rings. The van der Waals surface area contributed by atoms with Gasteiger partial charge < -0.3 is 4.90 Å². The molecule has 1 unspecified atom stereocenters. The quantitative estimate of drug-likeness (QED) is 0.848. The number of aromatic nitrogens is 2. The third-order valence-corrected chi connectivity index (χ3v) is 4.47. The summed E-state index contributed by atoms with van der Waals surface area (Å²) in [7, 11) is 1.77. The Morgan fingerprint density at radius 1 is 1.12 bits per heavy atom. The maximum atomic E-state index is 12.4. The molecule has 0 saturated heterocycles. The lowest BCUT2D eigenvalue weighted by Crippen LogP contribution is -2.41. The Hall–Kier alpha value is -2.43. The molecule has 1 atom stereocenters. The van der Waals surface area contributed by atoms with Crippen LogP contribution in [-0.4, -0.2) is 33.7 Å². The van der Waals surface area contributed by atoms with Crippen molar-refractivity contribution in [1.82, 2.24) is 14.7 Å². The van der Waals surface area contributed by atoms with Crippen molar-refractivity contribution in [2.45, 2.75) is 40.3 Å². The van der Waals surface area contributed by atoms with Crippen LogP contribution in [-0.2, 0) is 11.3 Å². The molecule has 0 aliphatic rings. The number of aryl methyl sites for hydroxylation is 1. The number of rotatable bonds is 5. The topological polar surface area (TPSA) is 55.2 Å². The second-order valence-corrected chi connectivity index (χ2v) is 6.57. The SMILES string of the molecule is Cc1ccc(-c2ccc(=O)n(CC(=O)N(C)C(C)C(C)C)n2)cc1. The molecule has 5 heteroatoms. The molecule has 128 valence electrons. The first-order valence-electron chi connectivity index (χ1n) is 8.20. The fourth-order valence-corrected chi connectivity index (χ4v) is 2.35. The smallest absolute Gasteiger partial charge is 0.267 e. The number of hydrogen-bond donors (Lipinski definition) is 0. The van der Waals surface area contributed by atoms with Crippen LogP contribution in [0, 0.1) is 12.8 Å². The molecule has 1 heterocycles. The van der Waals surface area contributed by atoms with E-state index in [1.165, 1.54) is 10.7 Å². The third-order valence-electron chi connectivity index (χ3n) is 4.47. The summed E-state index contributed by atoms with van der Waals surface area (Å²) in [5, 5.41) is 4.36. The Kier molecular flexibility index (Phi) is 5.54. The highest BCUT2D eigenvalue weighted by molar-refractivity contribution is 5.76. The van der Waals surface area contributed by atoms with Crippen molar-refractivity contribution >= 4 is 5.91 Å². The van der Waals surface area contributed by atoms with Crippen LogP contribution in [0.4, 0.5) is 0 Å². The molecule has 0 spiro atoms. The van der Waals surface area contributed by atoms with Crippen LogP contribution in [0.5, 0.6) is 0 Å². The van der Waals surface area contributed by atoms with Gasteiger partial charge in [0.2, 0.25) is 5.91 Å². The van der Waals surface area contributed by atoms with E-state index in [2.05, 4.69) is 18.9 Å². The van der Waals surface area contributed by atoms with Gasteiger partial charge in [0.15, 0.2) is 0 Å². The summed E-state index contributed by atoms with van der Waals surface area (Å²) < 4.78 is 1.24. The lowest BCUT2D eigenvalue weighted by Gasteiger charge is -2.28. The number of amides is 1. The van der Waals surface area contributed by atoms with Crippen LogP contribution in [0.1, 0.15) is 26.3 Å². The van der Waals surface area contributed by atoms with Crippen LogP contribution in [0.2, 0.25) is 0 Å². The first-order valence-corrected chi connectivity index (χ1v) is 8.20. The van der Waals surface area contributed by atoms with E-state index in [0.29, 0.717) is 11.6 Å². The summed E-state index contributed by atoms with van der Waals surface area (Å²) in [6.45, 7) is 8.10. The number of benzene rings is 1. The molecule has 1 aromatic carbocycles. The van der Waals surface area contributed by atoms with E-state index in [4.69, 9.17) is 0 Å². The molecular weight excluding hydrogens is 302 g/mol. The van der Waals surface area contributed by atoms with E-state index in [1.54, 1.807) is 18.0 Å². The van der Waals surface area contributed by atoms with E-state index >= 15 is 0 Å². The molecule has 0 saturated carbocycles. The van der Waals surface area contributed by atoms with Gasteiger partial charge >= 0.3 is 0 Å². The summed E-state index contributed by atoms with van der Waals surface area (Å²) in [6, 6.07) is 11.2. The Labute approximate surface area is 142 Å². The zero-order valence-electron chi connectivity index (χ0n) is 15.0. The maximum absolute atomic E-state index is 12.4. The summed E-state index contributed by atoms with van der Waals surface area (Å²) in [6.07, 6.45) is 0. The normalized spacial score (nSPS) is 12.2. The van der Waals surface area contributed by atoms with E-state index in [0.717, 1.165) is 11.1 Å². The lowest BCUT2D eigenvalue weighted by molar-refractivity contribution is -0.133. The predicted molar refractivity (Wildman–Crippen MR) is 95.7 cm³/mol. The van der Waals surface area contributed by atoms with Crippen molar-refractivity contribution in [2.75, 3.05) is 7.05 Å². The molecule has 0 N–H and O–H groups in total. The number of nitrogens with zero attached hydrogens (tertiary/aromatic N) is 3. The number of likely N-dealkylation sites (N-methyl/N-ethyl adjacent to an activating group) is 1. The van der Waals surface area contributed by atoms with Crippen LogP contribution in [0.3, 0.4) is 0 Å². The van der Waals surface area contributed by atoms with Gasteiger partial charge in [-0.15, -0.1) is 0 Å². The van der Waals surface area contributed by atoms with E-state index < -0.39 is 0 Å². The van der Waals surface area contributed by atoms with Gasteiger partial charge in [0.05, 0.1) is 5.69 Å². The second-order valence-electron chi connectivity index (χ2n) is 6.57. The molecule has 0 bridgehead atoms. The minimum atomic E-state index is -0.273. The summed E-state index contributed by atoms with van der Waals surface area (Å²) in [5.74, 6) is 0.231. The van der Waals surface area contributed by atoms with Gasteiger partial charge in [0.1, 0.15) is 6.54 Å². The fourth-order valence-electron chi connectivity index (χ4n) is 2.35. The standard InChI is InChI=1S/C19H25N3O2/c1-13(2)15(4)21(5)19(24)12-22-18(23)11-10-17(20-22)16-8-6-14(3)7-9-16/h6-11,13,15H,12H2,1-5H3. The molecular formula is C19H25N3O2. The molecule has 1 aromatic heterocycles. The van der Waals surface area contributed by atoms with Crippen LogP contribution >= 0.6 is 0 Å². The Balaban J connectivity index is 2.24. The molecule has 0 aliphatic carbocycles. The first-order chi connectivity index (χ1) is 11.3. The van der Waals surface area contributed by atoms with Gasteiger partial charge in [-0.1, -0.05) is 43.7 Å². The summed E-state index contributed by atoms with van der Waals surface area (Å²) >= 11 is 0. The monoisotopic (exact) mass is 327 g/mol. The van der Waals surface area contributed by atoms with E-state index in [9.17, 15) is 9.59 Å². The average molecular weight is 327 g/mol. The minimum absolute atomic E-state index is 0.0495. The zero-order chi connectivity index (χ0) is 17.9. The number of carbonyl (C=O) groups excluding carboxylic acids is 1. The van der Waals surface area contributed by atoms with Crippen molar-refractivity contribution in [3.05, 3.63) is 52.3 Å². The van der Waals surface area contributed by atoms with Crippen molar-refractivity contribution in [3.8, 4) is 11.3 Å². The van der Waals surface area contributed by atoms with Crippen molar-refractivity contribution < 1.29 is 4.79 Å². The molecule has 0 aliphatic heterocycles. The predicted octanol–water partition coefficient (Wildman–Crippen LogP) is 2.72. The average Bonchev–Trinajstić information content (AvgIpc) is 2.56. The zero-order valence-corrected chi connectivity index (χ0v) is 15.0. The molecule has 2 rings (SSSR count). The van der Waals surface area contributed by atoms with Crippen molar-refractivity contribution in [2.24, 2.45) is 5.92 Å². The minimum Gasteiger partial charge on any atom is -0.341 e. The molecule has 0 radical (unpaired) electrons. The Morgan fingerprint density at radius 2 is 1.75 bits per heavy atom. The van der Waals surface area contributed by atoms with Crippen LogP contribution in [0.15, 0.2) is 41.2 Å². The highest BCUT2D eigenvalue weighted by Crippen LogP contribution is 2.16. The third kappa shape index (κ3) is 4.10. The van der Waals surface area contributed by atoms with E-state index in [-0.39, 0.29) is 24.1 Å². The molecule has 5 nitrogen and oxygen atoms in total. The highest BCUT2D eigenvalue weighted by atomic mass is 16.2. The van der Waals surface area contributed by atoms with Crippen LogP contribution < -0.4 is 5.56 Å². The van der Waals surface area contributed by atoms with Crippen LogP contribution in [0.25, 0.3) is 11.3 Å². The largest absolute Gasteiger partial charge is 0.341 e.